The number of rotatable bonds is 5. The number of ether oxygens (including phenoxy) is 1. The molecule has 3 rings (SSSR count). The maximum absolute atomic E-state index is 12.2. The van der Waals surface area contributed by atoms with Gasteiger partial charge in [0.05, 0.1) is 0 Å². The molecule has 25 heavy (non-hydrogen) atoms. The predicted octanol–water partition coefficient (Wildman–Crippen LogP) is 3.02. The van der Waals surface area contributed by atoms with Gasteiger partial charge in [-0.25, -0.2) is 9.78 Å². The second kappa shape index (κ2) is 7.57. The van der Waals surface area contributed by atoms with Crippen LogP contribution in [0.5, 0.6) is 0 Å². The molecule has 5 heteroatoms. The molecule has 3 aromatic rings. The van der Waals surface area contributed by atoms with Crippen LogP contribution < -0.4 is 5.32 Å². The maximum atomic E-state index is 12.2. The van der Waals surface area contributed by atoms with Gasteiger partial charge < -0.3 is 10.1 Å². The Morgan fingerprint density at radius 2 is 1.80 bits per heavy atom. The quantitative estimate of drug-likeness (QED) is 0.728. The average molecular weight is 334 g/mol. The Kier molecular flexibility index (Phi) is 5.04. The Balaban J connectivity index is 1.56. The monoisotopic (exact) mass is 334 g/mol. The first-order valence-corrected chi connectivity index (χ1v) is 7.96. The number of aromatic nitrogens is 1. The number of nitrogens with one attached hydrogen (secondary N) is 1. The Labute approximate surface area is 145 Å². The smallest absolute Gasteiger partial charge is 0.358 e. The summed E-state index contributed by atoms with van der Waals surface area (Å²) in [6.07, 6.45) is 1.55. The summed E-state index contributed by atoms with van der Waals surface area (Å²) in [5.74, 6) is -0.962. The summed E-state index contributed by atoms with van der Waals surface area (Å²) in [5, 5.41) is 4.33. The highest BCUT2D eigenvalue weighted by molar-refractivity contribution is 6.02. The van der Waals surface area contributed by atoms with Crippen LogP contribution in [0.4, 0.5) is 0 Å². The number of hydrogen-bond donors (Lipinski definition) is 1. The van der Waals surface area contributed by atoms with Crippen molar-refractivity contribution in [3.63, 3.8) is 0 Å². The van der Waals surface area contributed by atoms with E-state index in [0.717, 1.165) is 16.5 Å². The van der Waals surface area contributed by atoms with Crippen LogP contribution in [-0.2, 0) is 16.1 Å². The third-order valence-corrected chi connectivity index (χ3v) is 3.81. The normalized spacial score (nSPS) is 10.4. The molecular weight excluding hydrogens is 316 g/mol. The van der Waals surface area contributed by atoms with Gasteiger partial charge in [-0.1, -0.05) is 54.1 Å². The number of carbonyl (C=O) groups excluding carboxylic acids is 2. The van der Waals surface area contributed by atoms with Crippen molar-refractivity contribution in [3.05, 3.63) is 77.6 Å². The molecule has 2 aromatic carbocycles. The van der Waals surface area contributed by atoms with Crippen molar-refractivity contribution < 1.29 is 14.3 Å². The van der Waals surface area contributed by atoms with Crippen LogP contribution in [-0.4, -0.2) is 23.5 Å². The van der Waals surface area contributed by atoms with Crippen LogP contribution in [0.1, 0.15) is 21.6 Å². The standard InChI is InChI=1S/C20H18N2O3/c1-14-6-8-15(9-7-14)12-22-18(23)13-25-20(24)19-17-5-3-2-4-16(17)10-11-21-19/h2-11H,12-13H2,1H3,(H,22,23). The average Bonchev–Trinajstić information content (AvgIpc) is 2.65. The lowest BCUT2D eigenvalue weighted by Crippen LogP contribution is -2.28. The van der Waals surface area contributed by atoms with Crippen LogP contribution in [0.15, 0.2) is 60.8 Å². The number of fused-ring (bicyclic) bond motifs is 1. The molecule has 1 aromatic heterocycles. The largest absolute Gasteiger partial charge is 0.451 e. The zero-order valence-electron chi connectivity index (χ0n) is 13.9. The summed E-state index contributed by atoms with van der Waals surface area (Å²) in [5.41, 5.74) is 2.36. The molecule has 126 valence electrons. The van der Waals surface area contributed by atoms with E-state index in [1.807, 2.05) is 55.5 Å². The van der Waals surface area contributed by atoms with Crippen molar-refractivity contribution in [2.45, 2.75) is 13.5 Å². The number of benzene rings is 2. The molecule has 0 spiro atoms. The number of amides is 1. The minimum absolute atomic E-state index is 0.212. The van der Waals surface area contributed by atoms with E-state index in [4.69, 9.17) is 4.74 Å². The molecule has 0 saturated heterocycles. The molecule has 0 fully saturated rings. The minimum Gasteiger partial charge on any atom is -0.451 e. The minimum atomic E-state index is -0.609. The summed E-state index contributed by atoms with van der Waals surface area (Å²) in [6.45, 7) is 2.06. The van der Waals surface area contributed by atoms with E-state index < -0.39 is 5.97 Å². The van der Waals surface area contributed by atoms with E-state index in [1.54, 1.807) is 12.3 Å². The highest BCUT2D eigenvalue weighted by Gasteiger charge is 2.14. The van der Waals surface area contributed by atoms with Gasteiger partial charge in [-0.05, 0) is 23.9 Å². The van der Waals surface area contributed by atoms with E-state index in [0.29, 0.717) is 11.9 Å². The molecule has 5 nitrogen and oxygen atoms in total. The van der Waals surface area contributed by atoms with Crippen LogP contribution >= 0.6 is 0 Å². The number of esters is 1. The fraction of sp³-hybridized carbons (Fsp3) is 0.150. The molecular formula is C20H18N2O3. The molecule has 0 aliphatic heterocycles. The molecule has 0 saturated carbocycles. The topological polar surface area (TPSA) is 68.3 Å². The predicted molar refractivity (Wildman–Crippen MR) is 95.1 cm³/mol. The van der Waals surface area contributed by atoms with Crippen molar-refractivity contribution in [2.24, 2.45) is 0 Å². The lowest BCUT2D eigenvalue weighted by molar-refractivity contribution is -0.124. The van der Waals surface area contributed by atoms with Gasteiger partial charge in [0.25, 0.3) is 5.91 Å². The molecule has 1 heterocycles. The van der Waals surface area contributed by atoms with Gasteiger partial charge in [0.15, 0.2) is 12.3 Å². The molecule has 0 aliphatic carbocycles. The van der Waals surface area contributed by atoms with Crippen LogP contribution in [0.2, 0.25) is 0 Å². The van der Waals surface area contributed by atoms with Gasteiger partial charge in [0.1, 0.15) is 0 Å². The van der Waals surface area contributed by atoms with Gasteiger partial charge in [-0.2, -0.15) is 0 Å². The van der Waals surface area contributed by atoms with Crippen LogP contribution in [0.3, 0.4) is 0 Å². The number of hydrogen-bond acceptors (Lipinski definition) is 4. The third kappa shape index (κ3) is 4.20. The Hall–Kier alpha value is -3.21. The van der Waals surface area contributed by atoms with Crippen molar-refractivity contribution in [1.82, 2.24) is 10.3 Å². The fourth-order valence-corrected chi connectivity index (χ4v) is 2.44. The molecule has 0 aliphatic rings. The van der Waals surface area contributed by atoms with Crippen molar-refractivity contribution in [2.75, 3.05) is 6.61 Å². The van der Waals surface area contributed by atoms with E-state index in [2.05, 4.69) is 10.3 Å². The lowest BCUT2D eigenvalue weighted by Gasteiger charge is -2.08. The number of pyridine rings is 1. The number of nitrogens with zero attached hydrogens (tertiary/aromatic N) is 1. The molecule has 1 N–H and O–H groups in total. The zero-order chi connectivity index (χ0) is 17.6. The van der Waals surface area contributed by atoms with Gasteiger partial charge in [0.2, 0.25) is 0 Å². The highest BCUT2D eigenvalue weighted by Crippen LogP contribution is 2.16. The van der Waals surface area contributed by atoms with Crippen LogP contribution in [0.25, 0.3) is 10.8 Å². The summed E-state index contributed by atoms with van der Waals surface area (Å²) in [4.78, 5) is 28.2. The van der Waals surface area contributed by atoms with Crippen molar-refractivity contribution in [3.8, 4) is 0 Å². The number of aryl methyl sites for hydroxylation is 1. The first-order chi connectivity index (χ1) is 12.1. The molecule has 0 unspecified atom stereocenters. The summed E-state index contributed by atoms with van der Waals surface area (Å²) in [7, 11) is 0. The van der Waals surface area contributed by atoms with E-state index in [1.165, 1.54) is 0 Å². The highest BCUT2D eigenvalue weighted by atomic mass is 16.5. The lowest BCUT2D eigenvalue weighted by atomic mass is 10.1. The second-order valence-electron chi connectivity index (χ2n) is 5.72. The van der Waals surface area contributed by atoms with Gasteiger partial charge in [-0.3, -0.25) is 4.79 Å². The summed E-state index contributed by atoms with van der Waals surface area (Å²) < 4.78 is 5.09. The Morgan fingerprint density at radius 3 is 2.60 bits per heavy atom. The first kappa shape index (κ1) is 16.6. The first-order valence-electron chi connectivity index (χ1n) is 7.96. The molecule has 0 bridgehead atoms. The number of carbonyl (C=O) groups is 2. The van der Waals surface area contributed by atoms with E-state index in [-0.39, 0.29) is 18.2 Å². The third-order valence-electron chi connectivity index (χ3n) is 3.81. The van der Waals surface area contributed by atoms with Crippen molar-refractivity contribution in [1.29, 1.82) is 0 Å². The van der Waals surface area contributed by atoms with Crippen LogP contribution in [0, 0.1) is 6.92 Å². The zero-order valence-corrected chi connectivity index (χ0v) is 13.9. The summed E-state index contributed by atoms with van der Waals surface area (Å²) in [6, 6.07) is 17.1. The maximum Gasteiger partial charge on any atom is 0.358 e. The van der Waals surface area contributed by atoms with Crippen molar-refractivity contribution >= 4 is 22.6 Å². The Bertz CT molecular complexity index is 899. The molecule has 0 radical (unpaired) electrons. The fourth-order valence-electron chi connectivity index (χ4n) is 2.44. The van der Waals surface area contributed by atoms with Gasteiger partial charge in [0, 0.05) is 18.1 Å². The Morgan fingerprint density at radius 1 is 1.04 bits per heavy atom. The summed E-state index contributed by atoms with van der Waals surface area (Å²) >= 11 is 0. The van der Waals surface area contributed by atoms with Gasteiger partial charge in [-0.15, -0.1) is 0 Å². The van der Waals surface area contributed by atoms with E-state index >= 15 is 0 Å². The van der Waals surface area contributed by atoms with Gasteiger partial charge >= 0.3 is 5.97 Å². The second-order valence-corrected chi connectivity index (χ2v) is 5.72. The SMILES string of the molecule is Cc1ccc(CNC(=O)COC(=O)c2nccc3ccccc23)cc1. The molecule has 1 amide bonds. The molecule has 0 atom stereocenters. The van der Waals surface area contributed by atoms with E-state index in [9.17, 15) is 9.59 Å².